The van der Waals surface area contributed by atoms with Crippen molar-refractivity contribution in [3.8, 4) is 11.1 Å². The second kappa shape index (κ2) is 9.07. The van der Waals surface area contributed by atoms with Crippen molar-refractivity contribution in [2.75, 3.05) is 12.3 Å². The van der Waals surface area contributed by atoms with Gasteiger partial charge in [-0.05, 0) is 42.8 Å². The van der Waals surface area contributed by atoms with Gasteiger partial charge in [0.05, 0.1) is 12.5 Å². The second-order valence-corrected chi connectivity index (χ2v) is 8.71. The van der Waals surface area contributed by atoms with Crippen LogP contribution in [0.3, 0.4) is 0 Å². The lowest BCUT2D eigenvalue weighted by atomic mass is 10.1. The van der Waals surface area contributed by atoms with Gasteiger partial charge in [-0.15, -0.1) is 0 Å². The first-order valence-corrected chi connectivity index (χ1v) is 10.9. The van der Waals surface area contributed by atoms with Gasteiger partial charge in [0.2, 0.25) is 0 Å². The average Bonchev–Trinajstić information content (AvgIpc) is 3.34. The number of nitrogen functional groups attached to an aromatic ring is 1. The number of halogens is 1. The van der Waals surface area contributed by atoms with Crippen LogP contribution in [0.25, 0.3) is 22.3 Å². The quantitative estimate of drug-likeness (QED) is 0.376. The van der Waals surface area contributed by atoms with Crippen molar-refractivity contribution in [3.05, 3.63) is 48.1 Å². The van der Waals surface area contributed by atoms with Gasteiger partial charge < -0.3 is 20.0 Å². The standard InChI is InChI=1S/C21H23ClN6OS/c1-13(2)24-5-3-6-28-20-18(19(23)25-12-26-20)27-21(28)30-17-9-15(8-16(22)10-17)14-4-7-29-11-14/h4,7-13,24H,3,5-6H2,1-2H3,(H2,23,25,26). The van der Waals surface area contributed by atoms with Crippen molar-refractivity contribution in [1.82, 2.24) is 24.8 Å². The molecule has 9 heteroatoms. The van der Waals surface area contributed by atoms with Gasteiger partial charge in [0.15, 0.2) is 22.1 Å². The van der Waals surface area contributed by atoms with Crippen molar-refractivity contribution in [2.24, 2.45) is 0 Å². The fourth-order valence-electron chi connectivity index (χ4n) is 3.16. The summed E-state index contributed by atoms with van der Waals surface area (Å²) in [6.07, 6.45) is 5.77. The molecule has 0 radical (unpaired) electrons. The maximum absolute atomic E-state index is 6.39. The van der Waals surface area contributed by atoms with E-state index in [9.17, 15) is 0 Å². The van der Waals surface area contributed by atoms with E-state index in [1.54, 1.807) is 12.5 Å². The highest BCUT2D eigenvalue weighted by molar-refractivity contribution is 7.99. The second-order valence-electron chi connectivity index (χ2n) is 7.23. The molecule has 156 valence electrons. The minimum atomic E-state index is 0.381. The van der Waals surface area contributed by atoms with Crippen molar-refractivity contribution in [2.45, 2.75) is 42.9 Å². The fraction of sp³-hybridized carbons (Fsp3) is 0.286. The van der Waals surface area contributed by atoms with Gasteiger partial charge in [0.25, 0.3) is 0 Å². The topological polar surface area (TPSA) is 94.8 Å². The Morgan fingerprint density at radius 3 is 2.87 bits per heavy atom. The molecule has 3 aromatic heterocycles. The third kappa shape index (κ3) is 4.61. The molecule has 4 aromatic rings. The lowest BCUT2D eigenvalue weighted by Gasteiger charge is -2.11. The van der Waals surface area contributed by atoms with Crippen LogP contribution >= 0.6 is 23.4 Å². The highest BCUT2D eigenvalue weighted by atomic mass is 35.5. The Hall–Kier alpha value is -2.55. The van der Waals surface area contributed by atoms with E-state index in [0.717, 1.165) is 46.3 Å². The third-order valence-electron chi connectivity index (χ3n) is 4.57. The summed E-state index contributed by atoms with van der Waals surface area (Å²) in [4.78, 5) is 14.2. The summed E-state index contributed by atoms with van der Waals surface area (Å²) in [5.41, 5.74) is 9.38. The molecule has 0 aliphatic rings. The number of hydrogen-bond acceptors (Lipinski definition) is 7. The average molecular weight is 443 g/mol. The Balaban J connectivity index is 1.66. The van der Waals surface area contributed by atoms with E-state index in [-0.39, 0.29) is 0 Å². The zero-order valence-electron chi connectivity index (χ0n) is 16.8. The SMILES string of the molecule is CC(C)NCCCn1c(Sc2cc(Cl)cc(-c3ccoc3)c2)nc2c(N)ncnc21. The smallest absolute Gasteiger partial charge is 0.175 e. The predicted octanol–water partition coefficient (Wildman–Crippen LogP) is 4.86. The number of nitrogens with one attached hydrogen (secondary N) is 1. The molecule has 30 heavy (non-hydrogen) atoms. The molecule has 0 fully saturated rings. The third-order valence-corrected chi connectivity index (χ3v) is 5.76. The van der Waals surface area contributed by atoms with Crippen LogP contribution in [0.5, 0.6) is 0 Å². The molecule has 7 nitrogen and oxygen atoms in total. The molecule has 0 saturated carbocycles. The largest absolute Gasteiger partial charge is 0.472 e. The zero-order valence-corrected chi connectivity index (χ0v) is 18.4. The van der Waals surface area contributed by atoms with E-state index >= 15 is 0 Å². The highest BCUT2D eigenvalue weighted by Crippen LogP contribution is 2.35. The Kier molecular flexibility index (Phi) is 6.26. The number of fused-ring (bicyclic) bond motifs is 1. The van der Waals surface area contributed by atoms with Gasteiger partial charge in [-0.25, -0.2) is 15.0 Å². The maximum Gasteiger partial charge on any atom is 0.175 e. The number of nitrogens with two attached hydrogens (primary N) is 1. The summed E-state index contributed by atoms with van der Waals surface area (Å²) >= 11 is 7.92. The number of nitrogens with zero attached hydrogens (tertiary/aromatic N) is 4. The molecule has 0 bridgehead atoms. The number of aromatic nitrogens is 4. The fourth-order valence-corrected chi connectivity index (χ4v) is 4.47. The van der Waals surface area contributed by atoms with E-state index in [2.05, 4.69) is 39.8 Å². The van der Waals surface area contributed by atoms with E-state index in [0.29, 0.717) is 22.4 Å². The molecule has 3 heterocycles. The first-order chi connectivity index (χ1) is 14.5. The Morgan fingerprint density at radius 1 is 1.23 bits per heavy atom. The summed E-state index contributed by atoms with van der Waals surface area (Å²) in [5, 5.41) is 4.90. The number of aryl methyl sites for hydroxylation is 1. The molecule has 1 aromatic carbocycles. The molecule has 0 saturated heterocycles. The van der Waals surface area contributed by atoms with Crippen molar-refractivity contribution in [3.63, 3.8) is 0 Å². The first kappa shape index (κ1) is 20.7. The van der Waals surface area contributed by atoms with Crippen molar-refractivity contribution in [1.29, 1.82) is 0 Å². The highest BCUT2D eigenvalue weighted by Gasteiger charge is 2.16. The van der Waals surface area contributed by atoms with Crippen LogP contribution in [0.2, 0.25) is 5.02 Å². The minimum Gasteiger partial charge on any atom is -0.472 e. The zero-order chi connectivity index (χ0) is 21.1. The molecular weight excluding hydrogens is 420 g/mol. The number of imidazole rings is 1. The summed E-state index contributed by atoms with van der Waals surface area (Å²) in [6.45, 7) is 5.95. The van der Waals surface area contributed by atoms with Crippen LogP contribution in [0.1, 0.15) is 20.3 Å². The lowest BCUT2D eigenvalue weighted by molar-refractivity contribution is 0.525. The molecule has 0 aliphatic heterocycles. The summed E-state index contributed by atoms with van der Waals surface area (Å²) in [7, 11) is 0. The molecule has 0 amide bonds. The van der Waals surface area contributed by atoms with E-state index in [4.69, 9.17) is 26.7 Å². The van der Waals surface area contributed by atoms with Crippen LogP contribution in [-0.2, 0) is 6.54 Å². The van der Waals surface area contributed by atoms with Gasteiger partial charge in [0.1, 0.15) is 6.33 Å². The Labute approximate surface area is 184 Å². The summed E-state index contributed by atoms with van der Waals surface area (Å²) < 4.78 is 7.31. The van der Waals surface area contributed by atoms with E-state index in [1.807, 2.05) is 18.2 Å². The maximum atomic E-state index is 6.39. The molecule has 0 spiro atoms. The molecule has 3 N–H and O–H groups in total. The van der Waals surface area contributed by atoms with Crippen molar-refractivity contribution >= 4 is 40.3 Å². The molecule has 0 atom stereocenters. The van der Waals surface area contributed by atoms with Crippen LogP contribution in [0, 0.1) is 0 Å². The number of benzene rings is 1. The van der Waals surface area contributed by atoms with Crippen LogP contribution in [-0.4, -0.2) is 32.1 Å². The predicted molar refractivity (Wildman–Crippen MR) is 121 cm³/mol. The molecular formula is C21H23ClN6OS. The molecule has 0 aliphatic carbocycles. The Morgan fingerprint density at radius 2 is 2.10 bits per heavy atom. The van der Waals surface area contributed by atoms with Crippen LogP contribution < -0.4 is 11.1 Å². The monoisotopic (exact) mass is 442 g/mol. The number of rotatable bonds is 8. The normalized spacial score (nSPS) is 11.6. The van der Waals surface area contributed by atoms with Gasteiger partial charge in [-0.2, -0.15) is 0 Å². The molecule has 0 unspecified atom stereocenters. The molecule has 4 rings (SSSR count). The summed E-state index contributed by atoms with van der Waals surface area (Å²) in [5.74, 6) is 0.381. The summed E-state index contributed by atoms with van der Waals surface area (Å²) in [6, 6.07) is 8.27. The minimum absolute atomic E-state index is 0.381. The lowest BCUT2D eigenvalue weighted by Crippen LogP contribution is -2.24. The Bertz CT molecular complexity index is 1140. The van der Waals surface area contributed by atoms with E-state index in [1.165, 1.54) is 18.1 Å². The van der Waals surface area contributed by atoms with Gasteiger partial charge in [-0.1, -0.05) is 37.2 Å². The first-order valence-electron chi connectivity index (χ1n) is 9.72. The van der Waals surface area contributed by atoms with Crippen LogP contribution in [0.4, 0.5) is 5.82 Å². The number of furan rings is 1. The van der Waals surface area contributed by atoms with Gasteiger partial charge in [-0.3, -0.25) is 0 Å². The van der Waals surface area contributed by atoms with E-state index < -0.39 is 0 Å². The van der Waals surface area contributed by atoms with Gasteiger partial charge in [0, 0.05) is 28.1 Å². The number of hydrogen-bond donors (Lipinski definition) is 2. The number of anilines is 1. The van der Waals surface area contributed by atoms with Gasteiger partial charge >= 0.3 is 0 Å². The van der Waals surface area contributed by atoms with Crippen LogP contribution in [0.15, 0.2) is 57.6 Å². The van der Waals surface area contributed by atoms with Crippen molar-refractivity contribution < 1.29 is 4.42 Å².